The molecule has 1 fully saturated rings. The van der Waals surface area contributed by atoms with E-state index in [1.807, 2.05) is 18.2 Å². The van der Waals surface area contributed by atoms with Gasteiger partial charge in [0.2, 0.25) is 0 Å². The van der Waals surface area contributed by atoms with Crippen LogP contribution >= 0.6 is 0 Å². The molecule has 2 heteroatoms. The maximum atomic E-state index is 12.4. The van der Waals surface area contributed by atoms with E-state index in [1.165, 1.54) is 11.1 Å². The fourth-order valence-corrected chi connectivity index (χ4v) is 2.99. The highest BCUT2D eigenvalue weighted by molar-refractivity contribution is 5.89. The van der Waals surface area contributed by atoms with Gasteiger partial charge >= 0.3 is 5.97 Å². The number of benzene rings is 2. The number of rotatable bonds is 3. The van der Waals surface area contributed by atoms with Crippen molar-refractivity contribution in [1.29, 1.82) is 0 Å². The highest BCUT2D eigenvalue weighted by atomic mass is 16.6. The predicted octanol–water partition coefficient (Wildman–Crippen LogP) is 5.14. The van der Waals surface area contributed by atoms with Crippen molar-refractivity contribution < 1.29 is 9.53 Å². The standard InChI is InChI=1S/C21H24O2/c1-15-14-17(20(2,3)4)10-11-18(15)21(12-13-21)23-19(22)16-8-6-5-7-9-16/h5-11,14H,12-13H2,1-4H3. The van der Waals surface area contributed by atoms with E-state index in [-0.39, 0.29) is 11.4 Å². The van der Waals surface area contributed by atoms with E-state index in [4.69, 9.17) is 4.74 Å². The van der Waals surface area contributed by atoms with Crippen LogP contribution in [0.25, 0.3) is 0 Å². The van der Waals surface area contributed by atoms with Crippen LogP contribution in [0.4, 0.5) is 0 Å². The first-order chi connectivity index (χ1) is 10.8. The first-order valence-corrected chi connectivity index (χ1v) is 8.22. The van der Waals surface area contributed by atoms with Crippen LogP contribution in [0.5, 0.6) is 0 Å². The van der Waals surface area contributed by atoms with Gasteiger partial charge in [-0.1, -0.05) is 57.2 Å². The third-order valence-corrected chi connectivity index (χ3v) is 4.58. The highest BCUT2D eigenvalue weighted by Gasteiger charge is 2.49. The van der Waals surface area contributed by atoms with Gasteiger partial charge in [0.05, 0.1) is 5.56 Å². The van der Waals surface area contributed by atoms with Gasteiger partial charge in [0, 0.05) is 0 Å². The maximum absolute atomic E-state index is 12.4. The Bertz CT molecular complexity index is 719. The minimum atomic E-state index is -0.423. The Morgan fingerprint density at radius 3 is 2.22 bits per heavy atom. The predicted molar refractivity (Wildman–Crippen MR) is 92.6 cm³/mol. The van der Waals surface area contributed by atoms with Crippen LogP contribution in [0.2, 0.25) is 0 Å². The molecule has 0 bridgehead atoms. The molecule has 0 N–H and O–H groups in total. The number of carbonyl (C=O) groups is 1. The molecular formula is C21H24O2. The molecule has 3 rings (SSSR count). The van der Waals surface area contributed by atoms with Gasteiger partial charge in [-0.15, -0.1) is 0 Å². The van der Waals surface area contributed by atoms with Gasteiger partial charge in [-0.3, -0.25) is 0 Å². The van der Waals surface area contributed by atoms with E-state index in [0.29, 0.717) is 5.56 Å². The molecule has 120 valence electrons. The van der Waals surface area contributed by atoms with Gasteiger partial charge in [-0.05, 0) is 54.0 Å². The third kappa shape index (κ3) is 3.17. The second-order valence-electron chi connectivity index (χ2n) is 7.53. The smallest absolute Gasteiger partial charge is 0.339 e. The van der Waals surface area contributed by atoms with Gasteiger partial charge in [0.1, 0.15) is 5.60 Å². The largest absolute Gasteiger partial charge is 0.451 e. The second-order valence-corrected chi connectivity index (χ2v) is 7.53. The van der Waals surface area contributed by atoms with Crippen LogP contribution in [-0.2, 0) is 15.8 Å². The van der Waals surface area contributed by atoms with Gasteiger partial charge in [-0.2, -0.15) is 0 Å². The topological polar surface area (TPSA) is 26.3 Å². The van der Waals surface area contributed by atoms with Crippen LogP contribution in [0.3, 0.4) is 0 Å². The van der Waals surface area contributed by atoms with Crippen LogP contribution in [0, 0.1) is 6.92 Å². The molecule has 0 atom stereocenters. The van der Waals surface area contributed by atoms with Gasteiger partial charge in [-0.25, -0.2) is 4.79 Å². The van der Waals surface area contributed by atoms with E-state index in [2.05, 4.69) is 45.9 Å². The van der Waals surface area contributed by atoms with Gasteiger partial charge in [0.15, 0.2) is 0 Å². The summed E-state index contributed by atoms with van der Waals surface area (Å²) in [6, 6.07) is 15.8. The molecule has 0 amide bonds. The van der Waals surface area contributed by atoms with Crippen LogP contribution in [0.1, 0.15) is 60.7 Å². The molecule has 1 aliphatic carbocycles. The first-order valence-electron chi connectivity index (χ1n) is 8.22. The molecule has 2 aromatic rings. The molecule has 1 saturated carbocycles. The lowest BCUT2D eigenvalue weighted by molar-refractivity contribution is 0.0213. The molecule has 1 aliphatic rings. The zero-order chi connectivity index (χ0) is 16.7. The Morgan fingerprint density at radius 1 is 1.04 bits per heavy atom. The van der Waals surface area contributed by atoms with Crippen LogP contribution in [0.15, 0.2) is 48.5 Å². The molecule has 23 heavy (non-hydrogen) atoms. The fraction of sp³-hybridized carbons (Fsp3) is 0.381. The lowest BCUT2D eigenvalue weighted by Gasteiger charge is -2.24. The molecule has 0 radical (unpaired) electrons. The van der Waals surface area contributed by atoms with Gasteiger partial charge < -0.3 is 4.74 Å². The normalized spacial score (nSPS) is 16.0. The maximum Gasteiger partial charge on any atom is 0.339 e. The molecule has 0 aliphatic heterocycles. The van der Waals surface area contributed by atoms with E-state index < -0.39 is 5.60 Å². The number of carbonyl (C=O) groups excluding carboxylic acids is 1. The molecular weight excluding hydrogens is 284 g/mol. The molecule has 0 saturated heterocycles. The number of hydrogen-bond donors (Lipinski definition) is 0. The Kier molecular flexibility index (Phi) is 3.79. The third-order valence-electron chi connectivity index (χ3n) is 4.58. The minimum absolute atomic E-state index is 0.126. The van der Waals surface area contributed by atoms with Crippen molar-refractivity contribution in [2.24, 2.45) is 0 Å². The second kappa shape index (κ2) is 5.52. The molecule has 0 unspecified atom stereocenters. The van der Waals surface area contributed by atoms with Crippen molar-refractivity contribution >= 4 is 5.97 Å². The lowest BCUT2D eigenvalue weighted by atomic mass is 9.84. The number of ether oxygens (including phenoxy) is 1. The summed E-state index contributed by atoms with van der Waals surface area (Å²) >= 11 is 0. The average molecular weight is 308 g/mol. The Balaban J connectivity index is 1.85. The van der Waals surface area contributed by atoms with E-state index in [1.54, 1.807) is 12.1 Å². The summed E-state index contributed by atoms with van der Waals surface area (Å²) in [4.78, 5) is 12.4. The summed E-state index contributed by atoms with van der Waals surface area (Å²) in [5.41, 5.74) is 3.98. The van der Waals surface area contributed by atoms with Crippen molar-refractivity contribution in [2.75, 3.05) is 0 Å². The van der Waals surface area contributed by atoms with Crippen molar-refractivity contribution in [3.63, 3.8) is 0 Å². The molecule has 0 heterocycles. The molecule has 0 spiro atoms. The zero-order valence-corrected chi connectivity index (χ0v) is 14.3. The number of esters is 1. The summed E-state index contributed by atoms with van der Waals surface area (Å²) in [6.07, 6.45) is 1.81. The van der Waals surface area contributed by atoms with Crippen LogP contribution < -0.4 is 0 Å². The summed E-state index contributed by atoms with van der Waals surface area (Å²) in [7, 11) is 0. The average Bonchev–Trinajstić information content (AvgIpc) is 3.27. The summed E-state index contributed by atoms with van der Waals surface area (Å²) < 4.78 is 5.89. The molecule has 2 nitrogen and oxygen atoms in total. The highest BCUT2D eigenvalue weighted by Crippen LogP contribution is 2.51. The minimum Gasteiger partial charge on any atom is -0.451 e. The molecule has 2 aromatic carbocycles. The number of aryl methyl sites for hydroxylation is 1. The molecule has 0 aromatic heterocycles. The van der Waals surface area contributed by atoms with Crippen molar-refractivity contribution in [3.05, 3.63) is 70.8 Å². The summed E-state index contributed by atoms with van der Waals surface area (Å²) in [5.74, 6) is -0.234. The Morgan fingerprint density at radius 2 is 1.70 bits per heavy atom. The quantitative estimate of drug-likeness (QED) is 0.734. The zero-order valence-electron chi connectivity index (χ0n) is 14.3. The summed E-state index contributed by atoms with van der Waals surface area (Å²) in [6.45, 7) is 8.75. The SMILES string of the molecule is Cc1cc(C(C)(C)C)ccc1C1(OC(=O)c2ccccc2)CC1. The van der Waals surface area contributed by atoms with Gasteiger partial charge in [0.25, 0.3) is 0 Å². The first kappa shape index (κ1) is 15.8. The summed E-state index contributed by atoms with van der Waals surface area (Å²) in [5, 5.41) is 0. The Hall–Kier alpha value is -2.09. The van der Waals surface area contributed by atoms with Crippen molar-refractivity contribution in [1.82, 2.24) is 0 Å². The van der Waals surface area contributed by atoms with Crippen molar-refractivity contribution in [3.8, 4) is 0 Å². The number of hydrogen-bond acceptors (Lipinski definition) is 2. The monoisotopic (exact) mass is 308 g/mol. The van der Waals surface area contributed by atoms with E-state index in [0.717, 1.165) is 18.4 Å². The van der Waals surface area contributed by atoms with E-state index >= 15 is 0 Å². The van der Waals surface area contributed by atoms with Crippen molar-refractivity contribution in [2.45, 2.75) is 51.6 Å². The lowest BCUT2D eigenvalue weighted by Crippen LogP contribution is -2.20. The van der Waals surface area contributed by atoms with Crippen LogP contribution in [-0.4, -0.2) is 5.97 Å². The Labute approximate surface area is 138 Å². The van der Waals surface area contributed by atoms with E-state index in [9.17, 15) is 4.79 Å². The fourth-order valence-electron chi connectivity index (χ4n) is 2.99.